The van der Waals surface area contributed by atoms with Crippen LogP contribution in [0.25, 0.3) is 0 Å². The van der Waals surface area contributed by atoms with Gasteiger partial charge < -0.3 is 5.73 Å². The number of hydrogen-bond acceptors (Lipinski definition) is 4. The zero-order valence-corrected chi connectivity index (χ0v) is 15.0. The molecule has 0 spiro atoms. The van der Waals surface area contributed by atoms with Gasteiger partial charge in [0.15, 0.2) is 0 Å². The number of nitrogens with zero attached hydrogens (tertiary/aromatic N) is 3. The van der Waals surface area contributed by atoms with Crippen molar-refractivity contribution < 1.29 is 9.59 Å². The van der Waals surface area contributed by atoms with E-state index in [1.807, 2.05) is 30.3 Å². The van der Waals surface area contributed by atoms with Gasteiger partial charge in [-0.05, 0) is 30.7 Å². The van der Waals surface area contributed by atoms with E-state index in [0.717, 1.165) is 43.4 Å². The second-order valence-corrected chi connectivity index (χ2v) is 7.62. The van der Waals surface area contributed by atoms with Gasteiger partial charge in [-0.2, -0.15) is 5.10 Å². The predicted molar refractivity (Wildman–Crippen MR) is 99.4 cm³/mol. The topological polar surface area (TPSA) is 79.0 Å². The Labute approximate surface area is 154 Å². The molecular formula is C20H26N4O2. The number of carbonyl (C=O) groups excluding carboxylic acids is 2. The lowest BCUT2D eigenvalue weighted by Gasteiger charge is -2.33. The van der Waals surface area contributed by atoms with E-state index in [9.17, 15) is 9.59 Å². The number of hydrogen-bond donors (Lipinski definition) is 1. The predicted octanol–water partition coefficient (Wildman–Crippen LogP) is 1.74. The molecule has 2 heterocycles. The van der Waals surface area contributed by atoms with Crippen molar-refractivity contribution in [2.45, 2.75) is 50.6 Å². The minimum absolute atomic E-state index is 0.0339. The van der Waals surface area contributed by atoms with Crippen molar-refractivity contribution in [3.05, 3.63) is 35.9 Å². The highest BCUT2D eigenvalue weighted by molar-refractivity contribution is 6.02. The quantitative estimate of drug-likeness (QED) is 0.894. The molecule has 1 aromatic rings. The number of hydrazone groups is 1. The van der Waals surface area contributed by atoms with E-state index in [2.05, 4.69) is 10.0 Å². The summed E-state index contributed by atoms with van der Waals surface area (Å²) in [6, 6.07) is 9.96. The Balaban J connectivity index is 1.47. The summed E-state index contributed by atoms with van der Waals surface area (Å²) in [7, 11) is 0. The molecular weight excluding hydrogens is 328 g/mol. The summed E-state index contributed by atoms with van der Waals surface area (Å²) in [5, 5.41) is 6.10. The molecule has 4 rings (SSSR count). The van der Waals surface area contributed by atoms with E-state index in [0.29, 0.717) is 18.5 Å². The summed E-state index contributed by atoms with van der Waals surface area (Å²) in [5.74, 6) is 0.159. The zero-order valence-electron chi connectivity index (χ0n) is 15.0. The van der Waals surface area contributed by atoms with Gasteiger partial charge in [-0.3, -0.25) is 14.5 Å². The molecule has 26 heavy (non-hydrogen) atoms. The van der Waals surface area contributed by atoms with Gasteiger partial charge in [-0.25, -0.2) is 5.01 Å². The van der Waals surface area contributed by atoms with Crippen LogP contribution in [0.2, 0.25) is 0 Å². The van der Waals surface area contributed by atoms with Crippen LogP contribution in [0.15, 0.2) is 35.4 Å². The average molecular weight is 354 g/mol. The fourth-order valence-corrected chi connectivity index (χ4v) is 4.77. The van der Waals surface area contributed by atoms with Gasteiger partial charge in [0.05, 0.1) is 24.8 Å². The van der Waals surface area contributed by atoms with Gasteiger partial charge in [0.25, 0.3) is 5.91 Å². The third-order valence-electron chi connectivity index (χ3n) is 6.06. The first kappa shape index (κ1) is 17.2. The van der Waals surface area contributed by atoms with E-state index >= 15 is 0 Å². The Morgan fingerprint density at radius 2 is 1.92 bits per heavy atom. The fraction of sp³-hybridized carbons (Fsp3) is 0.550. The maximum atomic E-state index is 12.8. The monoisotopic (exact) mass is 354 g/mol. The van der Waals surface area contributed by atoms with Crippen LogP contribution in [0, 0.1) is 5.92 Å². The third kappa shape index (κ3) is 3.26. The third-order valence-corrected chi connectivity index (χ3v) is 6.06. The molecule has 6 nitrogen and oxygen atoms in total. The number of fused-ring (bicyclic) bond motifs is 1. The molecule has 0 radical (unpaired) electrons. The summed E-state index contributed by atoms with van der Waals surface area (Å²) in [5.41, 5.74) is 7.64. The number of primary amides is 1. The lowest BCUT2D eigenvalue weighted by Crippen LogP contribution is -2.49. The molecule has 1 saturated carbocycles. The molecule has 1 saturated heterocycles. The molecule has 0 bridgehead atoms. The molecule has 6 heteroatoms. The highest BCUT2D eigenvalue weighted by Gasteiger charge is 2.45. The first-order valence-electron chi connectivity index (χ1n) is 9.62. The van der Waals surface area contributed by atoms with Gasteiger partial charge in [0, 0.05) is 12.5 Å². The van der Waals surface area contributed by atoms with Gasteiger partial charge in [-0.1, -0.05) is 43.2 Å². The zero-order chi connectivity index (χ0) is 18.1. The van der Waals surface area contributed by atoms with Gasteiger partial charge in [0.2, 0.25) is 5.91 Å². The molecule has 3 aliphatic rings. The van der Waals surface area contributed by atoms with Crippen LogP contribution in [0.1, 0.15) is 44.1 Å². The van der Waals surface area contributed by atoms with Crippen LogP contribution < -0.4 is 5.73 Å². The summed E-state index contributed by atoms with van der Waals surface area (Å²) in [4.78, 5) is 26.8. The molecule has 1 aromatic carbocycles. The van der Waals surface area contributed by atoms with Crippen molar-refractivity contribution in [2.24, 2.45) is 16.8 Å². The standard InChI is InChI=1S/C20H26N4O2/c21-20(26)18-12-15-8-4-5-9-17(15)23(18)13-19(25)24-11-10-16(22-24)14-6-2-1-3-7-14/h1-3,6-7,15,17-18H,4-5,8-13H2,(H2,21,26)/t15-,17-,18+/m1/s1. The van der Waals surface area contributed by atoms with Crippen LogP contribution in [0.4, 0.5) is 0 Å². The molecule has 2 aliphatic heterocycles. The first-order valence-corrected chi connectivity index (χ1v) is 9.62. The molecule has 3 atom stereocenters. The number of rotatable bonds is 4. The van der Waals surface area contributed by atoms with Crippen molar-refractivity contribution in [1.82, 2.24) is 9.91 Å². The number of likely N-dealkylation sites (tertiary alicyclic amines) is 1. The van der Waals surface area contributed by atoms with E-state index in [1.165, 1.54) is 6.42 Å². The number of benzene rings is 1. The highest BCUT2D eigenvalue weighted by atomic mass is 16.2. The molecule has 1 aliphatic carbocycles. The average Bonchev–Trinajstić information content (AvgIpc) is 3.28. The molecule has 138 valence electrons. The van der Waals surface area contributed by atoms with Crippen LogP contribution >= 0.6 is 0 Å². The van der Waals surface area contributed by atoms with Crippen LogP contribution in [-0.4, -0.2) is 52.6 Å². The largest absolute Gasteiger partial charge is 0.368 e. The maximum Gasteiger partial charge on any atom is 0.256 e. The Morgan fingerprint density at radius 3 is 2.69 bits per heavy atom. The summed E-state index contributed by atoms with van der Waals surface area (Å²) in [6.45, 7) is 0.840. The molecule has 2 amide bonds. The number of carbonyl (C=O) groups is 2. The highest BCUT2D eigenvalue weighted by Crippen LogP contribution is 2.39. The van der Waals surface area contributed by atoms with Crippen molar-refractivity contribution in [1.29, 1.82) is 0 Å². The summed E-state index contributed by atoms with van der Waals surface area (Å²) < 4.78 is 0. The van der Waals surface area contributed by atoms with Gasteiger partial charge in [0.1, 0.15) is 0 Å². The molecule has 0 unspecified atom stereocenters. The first-order chi connectivity index (χ1) is 12.6. The minimum atomic E-state index is -0.313. The second kappa shape index (κ2) is 7.19. The van der Waals surface area contributed by atoms with Crippen LogP contribution in [-0.2, 0) is 9.59 Å². The Kier molecular flexibility index (Phi) is 4.76. The Bertz CT molecular complexity index is 718. The van der Waals surface area contributed by atoms with Gasteiger partial charge in [-0.15, -0.1) is 0 Å². The minimum Gasteiger partial charge on any atom is -0.368 e. The lowest BCUT2D eigenvalue weighted by atomic mass is 9.84. The van der Waals surface area contributed by atoms with Crippen molar-refractivity contribution in [2.75, 3.05) is 13.1 Å². The smallest absolute Gasteiger partial charge is 0.256 e. The van der Waals surface area contributed by atoms with Gasteiger partial charge >= 0.3 is 0 Å². The van der Waals surface area contributed by atoms with E-state index in [4.69, 9.17) is 5.73 Å². The lowest BCUT2D eigenvalue weighted by molar-refractivity contribution is -0.134. The van der Waals surface area contributed by atoms with Crippen LogP contribution in [0.3, 0.4) is 0 Å². The number of nitrogens with two attached hydrogens (primary N) is 1. The SMILES string of the molecule is NC(=O)[C@@H]1C[C@H]2CCCC[C@H]2N1CC(=O)N1CCC(c2ccccc2)=N1. The maximum absolute atomic E-state index is 12.8. The Hall–Kier alpha value is -2.21. The number of amides is 2. The normalized spacial score (nSPS) is 28.7. The summed E-state index contributed by atoms with van der Waals surface area (Å²) in [6.07, 6.45) is 6.13. The van der Waals surface area contributed by atoms with Crippen molar-refractivity contribution in [3.8, 4) is 0 Å². The molecule has 0 aromatic heterocycles. The molecule has 2 N–H and O–H groups in total. The van der Waals surface area contributed by atoms with E-state index < -0.39 is 0 Å². The Morgan fingerprint density at radius 1 is 1.15 bits per heavy atom. The van der Waals surface area contributed by atoms with Crippen molar-refractivity contribution >= 4 is 17.5 Å². The van der Waals surface area contributed by atoms with E-state index in [1.54, 1.807) is 5.01 Å². The molecule has 2 fully saturated rings. The fourth-order valence-electron chi connectivity index (χ4n) is 4.77. The van der Waals surface area contributed by atoms with Crippen molar-refractivity contribution in [3.63, 3.8) is 0 Å². The second-order valence-electron chi connectivity index (χ2n) is 7.62. The van der Waals surface area contributed by atoms with Crippen LogP contribution in [0.5, 0.6) is 0 Å². The van der Waals surface area contributed by atoms with E-state index in [-0.39, 0.29) is 24.4 Å². The summed E-state index contributed by atoms with van der Waals surface area (Å²) >= 11 is 0.